The van der Waals surface area contributed by atoms with Gasteiger partial charge in [-0.3, -0.25) is 4.34 Å². The van der Waals surface area contributed by atoms with Crippen LogP contribution in [0.1, 0.15) is 0 Å². The van der Waals surface area contributed by atoms with Gasteiger partial charge in [-0.05, 0) is 6.07 Å². The Morgan fingerprint density at radius 1 is 1.38 bits per heavy atom. The zero-order valence-electron chi connectivity index (χ0n) is 4.00. The van der Waals surface area contributed by atoms with Gasteiger partial charge in [-0.2, -0.15) is 0 Å². The summed E-state index contributed by atoms with van der Waals surface area (Å²) in [6.07, 6.45) is 3.33. The van der Waals surface area contributed by atoms with Crippen LogP contribution in [-0.2, 0) is 0 Å². The molecule has 0 aliphatic rings. The van der Waals surface area contributed by atoms with Crippen LogP contribution in [0.2, 0.25) is 0 Å². The molecule has 3 nitrogen and oxygen atoms in total. The van der Waals surface area contributed by atoms with E-state index < -0.39 is 0 Å². The average Bonchev–Trinajstić information content (AvgIpc) is 1.90. The third-order valence-electron chi connectivity index (χ3n) is 0.650. The highest BCUT2D eigenvalue weighted by Crippen LogP contribution is 1.94. The molecule has 0 radical (unpaired) electrons. The van der Waals surface area contributed by atoms with E-state index in [1.807, 2.05) is 0 Å². The number of anilines is 1. The summed E-state index contributed by atoms with van der Waals surface area (Å²) in [7, 11) is 0. The van der Waals surface area contributed by atoms with Crippen LogP contribution >= 0.6 is 16.1 Å². The van der Waals surface area contributed by atoms with Crippen molar-refractivity contribution in [2.24, 2.45) is 0 Å². The second-order valence-electron chi connectivity index (χ2n) is 1.17. The lowest BCUT2D eigenvalue weighted by atomic mass is 10.7. The molecule has 0 unspecified atom stereocenters. The van der Waals surface area contributed by atoms with E-state index in [1.54, 1.807) is 18.5 Å². The fourth-order valence-electron chi connectivity index (χ4n) is 0.348. The van der Waals surface area contributed by atoms with Crippen LogP contribution in [0.15, 0.2) is 18.5 Å². The highest BCUT2D eigenvalue weighted by molar-refractivity contribution is 9.10. The summed E-state index contributed by atoms with van der Waals surface area (Å²) in [5.41, 5.74) is 0. The van der Waals surface area contributed by atoms with Gasteiger partial charge in [-0.15, -0.1) is 0 Å². The predicted octanol–water partition coefficient (Wildman–Crippen LogP) is 1.20. The van der Waals surface area contributed by atoms with Crippen molar-refractivity contribution in [3.8, 4) is 0 Å². The fraction of sp³-hybridized carbons (Fsp3) is 0. The van der Waals surface area contributed by atoms with Crippen molar-refractivity contribution in [2.75, 3.05) is 4.34 Å². The van der Waals surface area contributed by atoms with Gasteiger partial charge in [0.05, 0.1) is 0 Å². The van der Waals surface area contributed by atoms with Gasteiger partial charge in [-0.25, -0.2) is 9.97 Å². The Hall–Kier alpha value is -0.640. The lowest BCUT2D eigenvalue weighted by Gasteiger charge is -1.89. The Morgan fingerprint density at radius 3 is 2.38 bits per heavy atom. The molecule has 42 valence electrons. The number of hydrogen-bond donors (Lipinski definition) is 1. The minimum atomic E-state index is 0.576. The van der Waals surface area contributed by atoms with Crippen molar-refractivity contribution >= 4 is 22.1 Å². The lowest BCUT2D eigenvalue weighted by Crippen LogP contribution is -1.85. The van der Waals surface area contributed by atoms with E-state index in [2.05, 4.69) is 30.5 Å². The predicted molar refractivity (Wildman–Crippen MR) is 34.6 cm³/mol. The third-order valence-corrected chi connectivity index (χ3v) is 1.00. The molecule has 0 amide bonds. The summed E-state index contributed by atoms with van der Waals surface area (Å²) in [4.78, 5) is 7.66. The Bertz CT molecular complexity index is 153. The number of aromatic nitrogens is 2. The maximum absolute atomic E-state index is 3.83. The van der Waals surface area contributed by atoms with Crippen LogP contribution in [0.3, 0.4) is 0 Å². The van der Waals surface area contributed by atoms with Gasteiger partial charge >= 0.3 is 0 Å². The van der Waals surface area contributed by atoms with E-state index in [-0.39, 0.29) is 0 Å². The maximum atomic E-state index is 3.83. The van der Waals surface area contributed by atoms with Crippen LogP contribution in [0.5, 0.6) is 0 Å². The van der Waals surface area contributed by atoms with Crippen molar-refractivity contribution in [1.82, 2.24) is 9.97 Å². The molecule has 8 heavy (non-hydrogen) atoms. The molecule has 0 saturated carbocycles. The molecule has 0 saturated heterocycles. The van der Waals surface area contributed by atoms with Crippen molar-refractivity contribution in [1.29, 1.82) is 0 Å². The summed E-state index contributed by atoms with van der Waals surface area (Å²) in [5.74, 6) is 0.576. The standard InChI is InChI=1S/C4H4BrN3/c5-8-4-6-2-1-3-7-4/h1-3H,(H,6,7,8). The first-order chi connectivity index (χ1) is 3.93. The highest BCUT2D eigenvalue weighted by Gasteiger charge is 1.82. The second kappa shape index (κ2) is 2.61. The molecule has 1 aromatic heterocycles. The summed E-state index contributed by atoms with van der Waals surface area (Å²) >= 11 is 2.98. The Balaban J connectivity index is 2.83. The summed E-state index contributed by atoms with van der Waals surface area (Å²) in [6.45, 7) is 0. The minimum absolute atomic E-state index is 0.576. The molecular formula is C4H4BrN3. The molecule has 0 bridgehead atoms. The van der Waals surface area contributed by atoms with E-state index in [9.17, 15) is 0 Å². The van der Waals surface area contributed by atoms with Crippen molar-refractivity contribution < 1.29 is 0 Å². The van der Waals surface area contributed by atoms with Crippen LogP contribution < -0.4 is 4.34 Å². The summed E-state index contributed by atoms with van der Waals surface area (Å²) in [5, 5.41) is 0. The zero-order valence-corrected chi connectivity index (χ0v) is 5.59. The molecule has 1 heterocycles. The lowest BCUT2D eigenvalue weighted by molar-refractivity contribution is 1.19. The quantitative estimate of drug-likeness (QED) is 0.650. The van der Waals surface area contributed by atoms with E-state index in [0.29, 0.717) is 5.95 Å². The molecule has 1 rings (SSSR count). The molecule has 1 N–H and O–H groups in total. The van der Waals surface area contributed by atoms with Gasteiger partial charge in [0.2, 0.25) is 5.95 Å². The number of rotatable bonds is 1. The SMILES string of the molecule is BrNc1ncccn1. The van der Waals surface area contributed by atoms with Gasteiger partial charge in [-0.1, -0.05) is 0 Å². The van der Waals surface area contributed by atoms with Gasteiger partial charge in [0.1, 0.15) is 0 Å². The maximum Gasteiger partial charge on any atom is 0.232 e. The van der Waals surface area contributed by atoms with Crippen molar-refractivity contribution in [3.63, 3.8) is 0 Å². The number of halogens is 1. The van der Waals surface area contributed by atoms with Gasteiger partial charge in [0.25, 0.3) is 0 Å². The molecule has 0 spiro atoms. The molecule has 4 heteroatoms. The molecular weight excluding hydrogens is 170 g/mol. The van der Waals surface area contributed by atoms with Crippen molar-refractivity contribution in [2.45, 2.75) is 0 Å². The molecule has 0 aliphatic heterocycles. The smallest absolute Gasteiger partial charge is 0.232 e. The molecule has 1 aromatic rings. The Kier molecular flexibility index (Phi) is 1.80. The Labute approximate surface area is 55.5 Å². The van der Waals surface area contributed by atoms with Crippen LogP contribution in [0.25, 0.3) is 0 Å². The van der Waals surface area contributed by atoms with Gasteiger partial charge in [0.15, 0.2) is 0 Å². The Morgan fingerprint density at radius 2 is 2.00 bits per heavy atom. The molecule has 0 fully saturated rings. The molecule has 0 aromatic carbocycles. The fourth-order valence-corrected chi connectivity index (χ4v) is 0.553. The van der Waals surface area contributed by atoms with Gasteiger partial charge < -0.3 is 0 Å². The summed E-state index contributed by atoms with van der Waals surface area (Å²) in [6, 6.07) is 1.76. The van der Waals surface area contributed by atoms with Crippen LogP contribution in [0.4, 0.5) is 5.95 Å². The average molecular weight is 174 g/mol. The third kappa shape index (κ3) is 1.16. The monoisotopic (exact) mass is 173 g/mol. The highest BCUT2D eigenvalue weighted by atomic mass is 79.9. The van der Waals surface area contributed by atoms with E-state index in [4.69, 9.17) is 0 Å². The van der Waals surface area contributed by atoms with Gasteiger partial charge in [0, 0.05) is 28.5 Å². The first-order valence-corrected chi connectivity index (χ1v) is 2.86. The van der Waals surface area contributed by atoms with E-state index in [0.717, 1.165) is 0 Å². The van der Waals surface area contributed by atoms with Crippen LogP contribution in [0, 0.1) is 0 Å². The first kappa shape index (κ1) is 5.50. The second-order valence-corrected chi connectivity index (χ2v) is 1.56. The number of nitrogens with one attached hydrogen (secondary N) is 1. The first-order valence-electron chi connectivity index (χ1n) is 2.07. The van der Waals surface area contributed by atoms with E-state index in [1.165, 1.54) is 0 Å². The van der Waals surface area contributed by atoms with Crippen LogP contribution in [-0.4, -0.2) is 9.97 Å². The normalized spacial score (nSPS) is 8.62. The van der Waals surface area contributed by atoms with E-state index >= 15 is 0 Å². The summed E-state index contributed by atoms with van der Waals surface area (Å²) < 4.78 is 2.62. The molecule has 0 atom stereocenters. The van der Waals surface area contributed by atoms with Crippen molar-refractivity contribution in [3.05, 3.63) is 18.5 Å². The minimum Gasteiger partial charge on any atom is -0.291 e. The zero-order chi connectivity index (χ0) is 5.82. The number of hydrogen-bond acceptors (Lipinski definition) is 3. The molecule has 0 aliphatic carbocycles. The topological polar surface area (TPSA) is 37.8 Å². The largest absolute Gasteiger partial charge is 0.291 e. The number of nitrogens with zero attached hydrogens (tertiary/aromatic N) is 2.